The van der Waals surface area contributed by atoms with Crippen molar-refractivity contribution in [3.8, 4) is 5.75 Å². The number of ether oxygens (including phenoxy) is 1. The van der Waals surface area contributed by atoms with E-state index in [0.29, 0.717) is 0 Å². The maximum Gasteiger partial charge on any atom is 0.119 e. The fraction of sp³-hybridized carbons (Fsp3) is 0.250. The first-order chi connectivity index (χ1) is 9.60. The second kappa shape index (κ2) is 7.16. The zero-order chi connectivity index (χ0) is 14.5. The van der Waals surface area contributed by atoms with Gasteiger partial charge in [-0.15, -0.1) is 11.8 Å². The van der Waals surface area contributed by atoms with Gasteiger partial charge in [0, 0.05) is 20.7 Å². The van der Waals surface area contributed by atoms with E-state index in [-0.39, 0.29) is 11.3 Å². The maximum absolute atomic E-state index is 6.16. The second-order valence-corrected chi connectivity index (χ2v) is 6.76. The Morgan fingerprint density at radius 3 is 2.45 bits per heavy atom. The molecule has 2 aromatic carbocycles. The van der Waals surface area contributed by atoms with Crippen LogP contribution in [0.3, 0.4) is 0 Å². The van der Waals surface area contributed by atoms with Crippen molar-refractivity contribution in [1.29, 1.82) is 0 Å². The molecule has 0 fully saturated rings. The van der Waals surface area contributed by atoms with Crippen LogP contribution in [0.15, 0.2) is 57.9 Å². The molecule has 0 aromatic heterocycles. The van der Waals surface area contributed by atoms with Crippen molar-refractivity contribution in [2.45, 2.75) is 23.1 Å². The van der Waals surface area contributed by atoms with E-state index in [0.717, 1.165) is 15.1 Å². The van der Waals surface area contributed by atoms with Crippen LogP contribution in [0.2, 0.25) is 0 Å². The SMILES string of the molecule is COc1cccc(SC(c2ccc(Br)cc2)C(C)N)c1. The predicted molar refractivity (Wildman–Crippen MR) is 89.4 cm³/mol. The molecular weight excluding hydrogens is 334 g/mol. The molecule has 0 aliphatic carbocycles. The van der Waals surface area contributed by atoms with Crippen LogP contribution in [0.4, 0.5) is 0 Å². The average molecular weight is 352 g/mol. The summed E-state index contributed by atoms with van der Waals surface area (Å²) in [6.45, 7) is 2.04. The van der Waals surface area contributed by atoms with E-state index in [9.17, 15) is 0 Å². The van der Waals surface area contributed by atoms with Gasteiger partial charge in [-0.2, -0.15) is 0 Å². The topological polar surface area (TPSA) is 35.2 Å². The van der Waals surface area contributed by atoms with Crippen molar-refractivity contribution in [1.82, 2.24) is 0 Å². The summed E-state index contributed by atoms with van der Waals surface area (Å²) in [5, 5.41) is 0.218. The number of nitrogens with two attached hydrogens (primary N) is 1. The highest BCUT2D eigenvalue weighted by molar-refractivity contribution is 9.10. The third-order valence-electron chi connectivity index (χ3n) is 2.98. The number of benzene rings is 2. The summed E-state index contributed by atoms with van der Waals surface area (Å²) in [5.41, 5.74) is 7.39. The van der Waals surface area contributed by atoms with Crippen LogP contribution in [-0.4, -0.2) is 13.2 Å². The Morgan fingerprint density at radius 1 is 1.15 bits per heavy atom. The summed E-state index contributed by atoms with van der Waals surface area (Å²) in [4.78, 5) is 1.16. The molecular formula is C16H18BrNOS. The molecule has 20 heavy (non-hydrogen) atoms. The largest absolute Gasteiger partial charge is 0.497 e. The molecule has 2 rings (SSSR count). The molecule has 0 heterocycles. The Labute approximate surface area is 132 Å². The van der Waals surface area contributed by atoms with Crippen molar-refractivity contribution >= 4 is 27.7 Å². The highest BCUT2D eigenvalue weighted by atomic mass is 79.9. The van der Waals surface area contributed by atoms with Gasteiger partial charge >= 0.3 is 0 Å². The van der Waals surface area contributed by atoms with Gasteiger partial charge in [0.05, 0.1) is 7.11 Å². The van der Waals surface area contributed by atoms with E-state index < -0.39 is 0 Å². The van der Waals surface area contributed by atoms with Gasteiger partial charge in [0.25, 0.3) is 0 Å². The average Bonchev–Trinajstić information content (AvgIpc) is 2.46. The molecule has 2 unspecified atom stereocenters. The molecule has 2 atom stereocenters. The third-order valence-corrected chi connectivity index (χ3v) is 4.99. The Balaban J connectivity index is 2.23. The lowest BCUT2D eigenvalue weighted by molar-refractivity contribution is 0.413. The molecule has 4 heteroatoms. The Hall–Kier alpha value is -0.970. The normalized spacial score (nSPS) is 13.8. The van der Waals surface area contributed by atoms with Gasteiger partial charge in [0.2, 0.25) is 0 Å². The number of hydrogen-bond acceptors (Lipinski definition) is 3. The zero-order valence-corrected chi connectivity index (χ0v) is 13.9. The maximum atomic E-state index is 6.16. The van der Waals surface area contributed by atoms with Crippen molar-refractivity contribution in [2.24, 2.45) is 5.73 Å². The minimum Gasteiger partial charge on any atom is -0.497 e. The molecule has 0 saturated carbocycles. The number of halogens is 1. The molecule has 2 nitrogen and oxygen atoms in total. The number of rotatable bonds is 5. The third kappa shape index (κ3) is 4.01. The van der Waals surface area contributed by atoms with Crippen LogP contribution in [0.25, 0.3) is 0 Å². The molecule has 0 radical (unpaired) electrons. The lowest BCUT2D eigenvalue weighted by atomic mass is 10.1. The van der Waals surface area contributed by atoms with Gasteiger partial charge < -0.3 is 10.5 Å². The summed E-state index contributed by atoms with van der Waals surface area (Å²) in [5.74, 6) is 0.870. The van der Waals surface area contributed by atoms with Crippen molar-refractivity contribution in [3.63, 3.8) is 0 Å². The van der Waals surface area contributed by atoms with Crippen molar-refractivity contribution in [2.75, 3.05) is 7.11 Å². The minimum atomic E-state index is 0.0624. The summed E-state index contributed by atoms with van der Waals surface area (Å²) in [6.07, 6.45) is 0. The highest BCUT2D eigenvalue weighted by Crippen LogP contribution is 2.38. The lowest BCUT2D eigenvalue weighted by Gasteiger charge is -2.21. The molecule has 0 spiro atoms. The Bertz CT molecular complexity index is 557. The van der Waals surface area contributed by atoms with E-state index in [1.807, 2.05) is 25.1 Å². The fourth-order valence-corrected chi connectivity index (χ4v) is 3.36. The lowest BCUT2D eigenvalue weighted by Crippen LogP contribution is -2.22. The van der Waals surface area contributed by atoms with Gasteiger partial charge in [-0.25, -0.2) is 0 Å². The van der Waals surface area contributed by atoms with Crippen LogP contribution in [-0.2, 0) is 0 Å². The Morgan fingerprint density at radius 2 is 1.85 bits per heavy atom. The molecule has 106 valence electrons. The zero-order valence-electron chi connectivity index (χ0n) is 11.5. The number of thioether (sulfide) groups is 1. The van der Waals surface area contributed by atoms with Gasteiger partial charge in [0.1, 0.15) is 5.75 Å². The van der Waals surface area contributed by atoms with E-state index in [1.165, 1.54) is 5.56 Å². The summed E-state index contributed by atoms with van der Waals surface area (Å²) in [7, 11) is 1.68. The molecule has 0 amide bonds. The van der Waals surface area contributed by atoms with Crippen molar-refractivity contribution in [3.05, 3.63) is 58.6 Å². The second-order valence-electron chi connectivity index (χ2n) is 4.63. The first-order valence-electron chi connectivity index (χ1n) is 6.42. The highest BCUT2D eigenvalue weighted by Gasteiger charge is 2.18. The van der Waals surface area contributed by atoms with Gasteiger partial charge in [-0.3, -0.25) is 0 Å². The quantitative estimate of drug-likeness (QED) is 0.797. The number of hydrogen-bond donors (Lipinski definition) is 1. The van der Waals surface area contributed by atoms with Crippen LogP contribution < -0.4 is 10.5 Å². The Kier molecular flexibility index (Phi) is 5.52. The minimum absolute atomic E-state index is 0.0624. The standard InChI is InChI=1S/C16H18BrNOS/c1-11(18)16(12-6-8-13(17)9-7-12)20-15-5-3-4-14(10-15)19-2/h3-11,16H,18H2,1-2H3. The summed E-state index contributed by atoms with van der Waals surface area (Å²) < 4.78 is 6.35. The fourth-order valence-electron chi connectivity index (χ4n) is 1.95. The van der Waals surface area contributed by atoms with Crippen LogP contribution in [0.1, 0.15) is 17.7 Å². The van der Waals surface area contributed by atoms with Crippen molar-refractivity contribution < 1.29 is 4.74 Å². The van der Waals surface area contributed by atoms with E-state index in [4.69, 9.17) is 10.5 Å². The first-order valence-corrected chi connectivity index (χ1v) is 8.09. The molecule has 0 aliphatic heterocycles. The first kappa shape index (κ1) is 15.4. The molecule has 0 bridgehead atoms. The summed E-state index contributed by atoms with van der Waals surface area (Å²) >= 11 is 5.23. The predicted octanol–water partition coefficient (Wildman–Crippen LogP) is 4.64. The van der Waals surface area contributed by atoms with Gasteiger partial charge in [-0.05, 0) is 42.8 Å². The smallest absolute Gasteiger partial charge is 0.119 e. The van der Waals surface area contributed by atoms with E-state index in [1.54, 1.807) is 18.9 Å². The molecule has 0 saturated heterocycles. The molecule has 2 N–H and O–H groups in total. The van der Waals surface area contributed by atoms with E-state index in [2.05, 4.69) is 46.3 Å². The molecule has 0 aliphatic rings. The van der Waals surface area contributed by atoms with Crippen LogP contribution >= 0.6 is 27.7 Å². The molecule has 2 aromatic rings. The van der Waals surface area contributed by atoms with Gasteiger partial charge in [-0.1, -0.05) is 34.1 Å². The summed E-state index contributed by atoms with van der Waals surface area (Å²) in [6, 6.07) is 16.5. The van der Waals surface area contributed by atoms with Gasteiger partial charge in [0.15, 0.2) is 0 Å². The monoisotopic (exact) mass is 351 g/mol. The van der Waals surface area contributed by atoms with Crippen LogP contribution in [0.5, 0.6) is 5.75 Å². The van der Waals surface area contributed by atoms with Crippen LogP contribution in [0, 0.1) is 0 Å². The number of methoxy groups -OCH3 is 1. The van der Waals surface area contributed by atoms with E-state index >= 15 is 0 Å².